The van der Waals surface area contributed by atoms with Crippen LogP contribution in [0.1, 0.15) is 29.9 Å². The van der Waals surface area contributed by atoms with E-state index in [0.717, 1.165) is 17.1 Å². The number of methoxy groups -OCH3 is 1. The van der Waals surface area contributed by atoms with E-state index in [2.05, 4.69) is 10.5 Å². The first-order chi connectivity index (χ1) is 10.2. The van der Waals surface area contributed by atoms with Crippen LogP contribution >= 0.6 is 0 Å². The number of rotatable bonds is 6. The Morgan fingerprint density at radius 1 is 1.48 bits per heavy atom. The molecule has 0 radical (unpaired) electrons. The molecule has 4 N–H and O–H groups in total. The van der Waals surface area contributed by atoms with Gasteiger partial charge in [0, 0.05) is 17.7 Å². The zero-order valence-corrected chi connectivity index (χ0v) is 12.0. The molecule has 2 rings (SSSR count). The largest absolute Gasteiger partial charge is 0.496 e. The highest BCUT2D eigenvalue weighted by molar-refractivity contribution is 5.97. The van der Waals surface area contributed by atoms with E-state index in [-0.39, 0.29) is 11.9 Å². The SMILES string of the molecule is COc1ccc(/C(N)=N/O)cc1CNC(C)c1ccco1. The summed E-state index contributed by atoms with van der Waals surface area (Å²) in [5.41, 5.74) is 7.17. The zero-order valence-electron chi connectivity index (χ0n) is 12.0. The maximum Gasteiger partial charge on any atom is 0.170 e. The molecule has 0 amide bonds. The van der Waals surface area contributed by atoms with Gasteiger partial charge in [0.25, 0.3) is 0 Å². The average Bonchev–Trinajstić information content (AvgIpc) is 3.06. The number of nitrogens with two attached hydrogens (primary N) is 1. The number of amidine groups is 1. The Balaban J connectivity index is 2.14. The van der Waals surface area contributed by atoms with Crippen molar-refractivity contribution in [3.8, 4) is 5.75 Å². The third-order valence-corrected chi connectivity index (χ3v) is 3.25. The molecule has 1 atom stereocenters. The van der Waals surface area contributed by atoms with Gasteiger partial charge < -0.3 is 25.4 Å². The van der Waals surface area contributed by atoms with Crippen LogP contribution in [0.4, 0.5) is 0 Å². The maximum atomic E-state index is 8.75. The summed E-state index contributed by atoms with van der Waals surface area (Å²) in [5.74, 6) is 1.67. The molecule has 0 bridgehead atoms. The molecule has 0 saturated carbocycles. The predicted octanol–water partition coefficient (Wildman–Crippen LogP) is 2.23. The Labute approximate surface area is 123 Å². The molecule has 21 heavy (non-hydrogen) atoms. The molecular formula is C15H19N3O3. The smallest absolute Gasteiger partial charge is 0.170 e. The van der Waals surface area contributed by atoms with Crippen LogP contribution in [0.2, 0.25) is 0 Å². The third kappa shape index (κ3) is 3.55. The first-order valence-corrected chi connectivity index (χ1v) is 6.57. The van der Waals surface area contributed by atoms with Gasteiger partial charge in [-0.05, 0) is 37.3 Å². The number of hydrogen-bond donors (Lipinski definition) is 3. The summed E-state index contributed by atoms with van der Waals surface area (Å²) in [6.45, 7) is 2.58. The second-order valence-electron chi connectivity index (χ2n) is 4.63. The van der Waals surface area contributed by atoms with E-state index in [1.807, 2.05) is 25.1 Å². The summed E-state index contributed by atoms with van der Waals surface area (Å²) in [5, 5.41) is 15.1. The van der Waals surface area contributed by atoms with Crippen molar-refractivity contribution in [2.45, 2.75) is 19.5 Å². The van der Waals surface area contributed by atoms with E-state index in [1.54, 1.807) is 25.5 Å². The minimum atomic E-state index is 0.0669. The van der Waals surface area contributed by atoms with E-state index in [0.29, 0.717) is 12.1 Å². The van der Waals surface area contributed by atoms with Crippen LogP contribution in [0.3, 0.4) is 0 Å². The average molecular weight is 289 g/mol. The molecule has 6 nitrogen and oxygen atoms in total. The van der Waals surface area contributed by atoms with Crippen LogP contribution < -0.4 is 15.8 Å². The molecule has 0 aliphatic heterocycles. The van der Waals surface area contributed by atoms with Gasteiger partial charge >= 0.3 is 0 Å². The van der Waals surface area contributed by atoms with E-state index in [9.17, 15) is 0 Å². The highest BCUT2D eigenvalue weighted by Crippen LogP contribution is 2.21. The Hall–Kier alpha value is -2.47. The fourth-order valence-corrected chi connectivity index (χ4v) is 2.04. The van der Waals surface area contributed by atoms with Crippen molar-refractivity contribution in [2.75, 3.05) is 7.11 Å². The summed E-state index contributed by atoms with van der Waals surface area (Å²) >= 11 is 0. The lowest BCUT2D eigenvalue weighted by molar-refractivity contribution is 0.318. The van der Waals surface area contributed by atoms with Crippen molar-refractivity contribution in [2.24, 2.45) is 10.9 Å². The second-order valence-corrected chi connectivity index (χ2v) is 4.63. The molecule has 1 aromatic heterocycles. The lowest BCUT2D eigenvalue weighted by Crippen LogP contribution is -2.19. The molecule has 1 heterocycles. The Kier molecular flexibility index (Phi) is 4.84. The van der Waals surface area contributed by atoms with E-state index in [4.69, 9.17) is 20.1 Å². The third-order valence-electron chi connectivity index (χ3n) is 3.25. The number of nitrogens with one attached hydrogen (secondary N) is 1. The number of ether oxygens (including phenoxy) is 1. The van der Waals surface area contributed by atoms with Gasteiger partial charge in [0.2, 0.25) is 0 Å². The normalized spacial score (nSPS) is 13.1. The summed E-state index contributed by atoms with van der Waals surface area (Å²) in [7, 11) is 1.61. The van der Waals surface area contributed by atoms with Crippen molar-refractivity contribution in [3.05, 3.63) is 53.5 Å². The van der Waals surface area contributed by atoms with Crippen LogP contribution in [0.25, 0.3) is 0 Å². The summed E-state index contributed by atoms with van der Waals surface area (Å²) in [6, 6.07) is 9.21. The predicted molar refractivity (Wildman–Crippen MR) is 79.5 cm³/mol. The lowest BCUT2D eigenvalue weighted by atomic mass is 10.1. The Morgan fingerprint density at radius 2 is 2.29 bits per heavy atom. The minimum Gasteiger partial charge on any atom is -0.496 e. The van der Waals surface area contributed by atoms with E-state index < -0.39 is 0 Å². The van der Waals surface area contributed by atoms with Crippen molar-refractivity contribution < 1.29 is 14.4 Å². The summed E-state index contributed by atoms with van der Waals surface area (Å²) in [4.78, 5) is 0. The van der Waals surface area contributed by atoms with Gasteiger partial charge in [-0.3, -0.25) is 0 Å². The van der Waals surface area contributed by atoms with Gasteiger partial charge in [0.1, 0.15) is 11.5 Å². The monoisotopic (exact) mass is 289 g/mol. The quantitative estimate of drug-likeness (QED) is 0.328. The number of benzene rings is 1. The fraction of sp³-hybridized carbons (Fsp3) is 0.267. The zero-order chi connectivity index (χ0) is 15.2. The Morgan fingerprint density at radius 3 is 2.90 bits per heavy atom. The van der Waals surface area contributed by atoms with Gasteiger partial charge in [-0.25, -0.2) is 0 Å². The van der Waals surface area contributed by atoms with Crippen LogP contribution in [-0.2, 0) is 6.54 Å². The van der Waals surface area contributed by atoms with Crippen LogP contribution in [0.5, 0.6) is 5.75 Å². The number of oxime groups is 1. The van der Waals surface area contributed by atoms with Gasteiger partial charge in [0.05, 0.1) is 19.4 Å². The van der Waals surface area contributed by atoms with Crippen LogP contribution in [-0.4, -0.2) is 18.2 Å². The fourth-order valence-electron chi connectivity index (χ4n) is 2.04. The van der Waals surface area contributed by atoms with Gasteiger partial charge in [-0.1, -0.05) is 5.16 Å². The minimum absolute atomic E-state index is 0.0669. The van der Waals surface area contributed by atoms with E-state index in [1.165, 1.54) is 0 Å². The molecule has 1 aromatic carbocycles. The highest BCUT2D eigenvalue weighted by Gasteiger charge is 2.11. The second kappa shape index (κ2) is 6.81. The molecule has 0 saturated heterocycles. The molecule has 1 unspecified atom stereocenters. The molecule has 2 aromatic rings. The molecule has 6 heteroatoms. The maximum absolute atomic E-state index is 8.75. The first kappa shape index (κ1) is 14.9. The molecular weight excluding hydrogens is 270 g/mol. The number of nitrogens with zero attached hydrogens (tertiary/aromatic N) is 1. The molecule has 0 fully saturated rings. The number of furan rings is 1. The summed E-state index contributed by atoms with van der Waals surface area (Å²) in [6.07, 6.45) is 1.65. The lowest BCUT2D eigenvalue weighted by Gasteiger charge is -2.14. The molecule has 0 spiro atoms. The van der Waals surface area contributed by atoms with Crippen LogP contribution in [0.15, 0.2) is 46.2 Å². The van der Waals surface area contributed by atoms with Gasteiger partial charge in [0.15, 0.2) is 5.84 Å². The van der Waals surface area contributed by atoms with Crippen LogP contribution in [0, 0.1) is 0 Å². The molecule has 0 aliphatic rings. The molecule has 0 aliphatic carbocycles. The highest BCUT2D eigenvalue weighted by atomic mass is 16.5. The molecule has 112 valence electrons. The number of hydrogen-bond acceptors (Lipinski definition) is 5. The van der Waals surface area contributed by atoms with Crippen molar-refractivity contribution in [1.29, 1.82) is 0 Å². The first-order valence-electron chi connectivity index (χ1n) is 6.57. The van der Waals surface area contributed by atoms with Crippen molar-refractivity contribution >= 4 is 5.84 Å². The van der Waals surface area contributed by atoms with Crippen molar-refractivity contribution in [1.82, 2.24) is 5.32 Å². The van der Waals surface area contributed by atoms with Crippen molar-refractivity contribution in [3.63, 3.8) is 0 Å². The van der Waals surface area contributed by atoms with Gasteiger partial charge in [-0.2, -0.15) is 0 Å². The van der Waals surface area contributed by atoms with E-state index >= 15 is 0 Å². The topological polar surface area (TPSA) is 93.0 Å². The van der Waals surface area contributed by atoms with Gasteiger partial charge in [-0.15, -0.1) is 0 Å². The Bertz CT molecular complexity index is 609. The standard InChI is InChI=1S/C15H19N3O3/c1-10(13-4-3-7-21-13)17-9-12-8-11(15(16)18-19)5-6-14(12)20-2/h3-8,10,17,19H,9H2,1-2H3,(H2,16,18). The summed E-state index contributed by atoms with van der Waals surface area (Å²) < 4.78 is 10.7.